The van der Waals surface area contributed by atoms with Crippen LogP contribution in [-0.2, 0) is 25.7 Å². The maximum absolute atomic E-state index is 12.6. The third kappa shape index (κ3) is 8.00. The second-order valence-electron chi connectivity index (χ2n) is 7.93. The maximum Gasteiger partial charge on any atom is 0.342 e. The lowest BCUT2D eigenvalue weighted by Crippen LogP contribution is -2.14. The third-order valence-corrected chi connectivity index (χ3v) is 5.32. The highest BCUT2D eigenvalue weighted by atomic mass is 16.5. The monoisotopic (exact) mass is 502 g/mol. The zero-order valence-corrected chi connectivity index (χ0v) is 20.5. The number of ether oxygens (including phenoxy) is 4. The molecule has 0 aliphatic rings. The molecular weight excluding hydrogens is 472 g/mol. The van der Waals surface area contributed by atoms with Crippen molar-refractivity contribution in [1.29, 1.82) is 0 Å². The standard InChI is InChI=1S/C26H30O10/c1-16-11-12-18(17(2)23(16)26(32)35-14-6-10-22(29)30)15-36-24-19(7-4-8-20(24)33-3)25(31)34-13-5-9-21(27)28/h4,7-8,11-12H,5-6,9-10,13-15H2,1-3H3,(H,27,28)(H,29,30). The van der Waals surface area contributed by atoms with Crippen LogP contribution in [0.2, 0.25) is 0 Å². The van der Waals surface area contributed by atoms with Crippen LogP contribution in [-0.4, -0.2) is 54.4 Å². The van der Waals surface area contributed by atoms with Crippen LogP contribution in [0.1, 0.15) is 63.1 Å². The average Bonchev–Trinajstić information content (AvgIpc) is 2.83. The van der Waals surface area contributed by atoms with Crippen LogP contribution in [0.3, 0.4) is 0 Å². The van der Waals surface area contributed by atoms with Crippen LogP contribution in [0.4, 0.5) is 0 Å². The van der Waals surface area contributed by atoms with Crippen LogP contribution >= 0.6 is 0 Å². The van der Waals surface area contributed by atoms with Crippen LogP contribution in [0, 0.1) is 13.8 Å². The molecule has 0 saturated carbocycles. The summed E-state index contributed by atoms with van der Waals surface area (Å²) in [6.45, 7) is 3.45. The number of carboxylic acid groups (broad SMARTS) is 2. The summed E-state index contributed by atoms with van der Waals surface area (Å²) in [4.78, 5) is 46.5. The number of hydrogen-bond acceptors (Lipinski definition) is 8. The van der Waals surface area contributed by atoms with E-state index in [9.17, 15) is 19.2 Å². The Labute approximate surface area is 208 Å². The van der Waals surface area contributed by atoms with E-state index in [4.69, 9.17) is 29.2 Å². The van der Waals surface area contributed by atoms with Gasteiger partial charge in [-0.1, -0.05) is 18.2 Å². The lowest BCUT2D eigenvalue weighted by atomic mass is 9.98. The molecule has 0 bridgehead atoms. The minimum atomic E-state index is -0.978. The van der Waals surface area contributed by atoms with Crippen molar-refractivity contribution >= 4 is 23.9 Å². The van der Waals surface area contributed by atoms with Crippen LogP contribution < -0.4 is 9.47 Å². The van der Waals surface area contributed by atoms with Gasteiger partial charge in [-0.3, -0.25) is 9.59 Å². The SMILES string of the molecule is COc1cccc(C(=O)OCCCC(=O)O)c1OCc1ccc(C)c(C(=O)OCCCC(=O)O)c1C. The van der Waals surface area contributed by atoms with Gasteiger partial charge in [0.2, 0.25) is 0 Å². The van der Waals surface area contributed by atoms with Gasteiger partial charge in [-0.15, -0.1) is 0 Å². The van der Waals surface area contributed by atoms with Crippen LogP contribution in [0.15, 0.2) is 30.3 Å². The second-order valence-corrected chi connectivity index (χ2v) is 7.93. The third-order valence-electron chi connectivity index (χ3n) is 5.32. The van der Waals surface area contributed by atoms with E-state index in [1.807, 2.05) is 0 Å². The van der Waals surface area contributed by atoms with E-state index in [0.29, 0.717) is 28.0 Å². The van der Waals surface area contributed by atoms with E-state index in [-0.39, 0.29) is 56.8 Å². The molecule has 0 unspecified atom stereocenters. The predicted octanol–water partition coefficient (Wildman–Crippen LogP) is 3.93. The minimum Gasteiger partial charge on any atom is -0.493 e. The fourth-order valence-corrected chi connectivity index (χ4v) is 3.42. The average molecular weight is 503 g/mol. The Balaban J connectivity index is 2.18. The fraction of sp³-hybridized carbons (Fsp3) is 0.385. The maximum atomic E-state index is 12.6. The van der Waals surface area contributed by atoms with Crippen molar-refractivity contribution in [3.05, 3.63) is 58.1 Å². The quantitative estimate of drug-likeness (QED) is 0.288. The molecule has 2 aromatic rings. The Morgan fingerprint density at radius 3 is 2.03 bits per heavy atom. The zero-order valence-electron chi connectivity index (χ0n) is 20.5. The van der Waals surface area contributed by atoms with Gasteiger partial charge in [-0.05, 0) is 55.5 Å². The number of hydrogen-bond donors (Lipinski definition) is 2. The molecule has 0 heterocycles. The van der Waals surface area contributed by atoms with E-state index < -0.39 is 23.9 Å². The molecule has 0 fully saturated rings. The molecule has 2 rings (SSSR count). The molecular formula is C26H30O10. The summed E-state index contributed by atoms with van der Waals surface area (Å²) in [6.07, 6.45) is 0.179. The highest BCUT2D eigenvalue weighted by molar-refractivity contribution is 5.94. The summed E-state index contributed by atoms with van der Waals surface area (Å²) >= 11 is 0. The summed E-state index contributed by atoms with van der Waals surface area (Å²) in [5, 5.41) is 17.5. The highest BCUT2D eigenvalue weighted by Crippen LogP contribution is 2.33. The summed E-state index contributed by atoms with van der Waals surface area (Å²) in [6, 6.07) is 8.29. The summed E-state index contributed by atoms with van der Waals surface area (Å²) < 4.78 is 21.7. The van der Waals surface area contributed by atoms with Crippen molar-refractivity contribution in [3.63, 3.8) is 0 Å². The Morgan fingerprint density at radius 1 is 0.833 bits per heavy atom. The Bertz CT molecular complexity index is 1110. The topological polar surface area (TPSA) is 146 Å². The van der Waals surface area contributed by atoms with Crippen molar-refractivity contribution in [2.24, 2.45) is 0 Å². The van der Waals surface area contributed by atoms with Crippen molar-refractivity contribution in [2.45, 2.75) is 46.1 Å². The molecule has 0 amide bonds. The number of benzene rings is 2. The van der Waals surface area contributed by atoms with Gasteiger partial charge < -0.3 is 29.2 Å². The largest absolute Gasteiger partial charge is 0.493 e. The Kier molecular flexibility index (Phi) is 10.7. The normalized spacial score (nSPS) is 10.4. The number of aliphatic carboxylic acids is 2. The first-order chi connectivity index (χ1) is 17.1. The fourth-order valence-electron chi connectivity index (χ4n) is 3.42. The van der Waals surface area contributed by atoms with E-state index in [1.54, 1.807) is 38.1 Å². The smallest absolute Gasteiger partial charge is 0.342 e. The highest BCUT2D eigenvalue weighted by Gasteiger charge is 2.21. The summed E-state index contributed by atoms with van der Waals surface area (Å²) in [5.74, 6) is -2.72. The van der Waals surface area contributed by atoms with Gasteiger partial charge in [0.1, 0.15) is 12.2 Å². The van der Waals surface area contributed by atoms with Crippen LogP contribution in [0.25, 0.3) is 0 Å². The molecule has 194 valence electrons. The van der Waals surface area contributed by atoms with E-state index in [0.717, 1.165) is 0 Å². The van der Waals surface area contributed by atoms with Crippen molar-refractivity contribution < 1.29 is 48.3 Å². The zero-order chi connectivity index (χ0) is 26.7. The summed E-state index contributed by atoms with van der Waals surface area (Å²) in [7, 11) is 1.43. The molecule has 0 aliphatic heterocycles. The molecule has 10 heteroatoms. The molecule has 10 nitrogen and oxygen atoms in total. The number of rotatable bonds is 14. The van der Waals surface area contributed by atoms with E-state index >= 15 is 0 Å². The van der Waals surface area contributed by atoms with Gasteiger partial charge in [0.25, 0.3) is 0 Å². The number of methoxy groups -OCH3 is 1. The molecule has 0 atom stereocenters. The van der Waals surface area contributed by atoms with Gasteiger partial charge in [0.05, 0.1) is 25.9 Å². The number of aryl methyl sites for hydroxylation is 1. The van der Waals surface area contributed by atoms with E-state index in [1.165, 1.54) is 13.2 Å². The number of para-hydroxylation sites is 1. The van der Waals surface area contributed by atoms with Crippen molar-refractivity contribution in [1.82, 2.24) is 0 Å². The number of carbonyl (C=O) groups excluding carboxylic acids is 2. The predicted molar refractivity (Wildman–Crippen MR) is 128 cm³/mol. The number of carboxylic acids is 2. The van der Waals surface area contributed by atoms with Gasteiger partial charge >= 0.3 is 23.9 Å². The lowest BCUT2D eigenvalue weighted by Gasteiger charge is -2.17. The molecule has 0 spiro atoms. The van der Waals surface area contributed by atoms with Crippen molar-refractivity contribution in [3.8, 4) is 11.5 Å². The van der Waals surface area contributed by atoms with Crippen LogP contribution in [0.5, 0.6) is 11.5 Å². The molecule has 0 radical (unpaired) electrons. The molecule has 36 heavy (non-hydrogen) atoms. The molecule has 0 aromatic heterocycles. The first-order valence-electron chi connectivity index (χ1n) is 11.3. The molecule has 2 aromatic carbocycles. The molecule has 2 N–H and O–H groups in total. The Morgan fingerprint density at radius 2 is 1.44 bits per heavy atom. The second kappa shape index (κ2) is 13.7. The number of carbonyl (C=O) groups is 4. The number of esters is 2. The van der Waals surface area contributed by atoms with Crippen molar-refractivity contribution in [2.75, 3.05) is 20.3 Å². The minimum absolute atomic E-state index is 0.00503. The van der Waals surface area contributed by atoms with E-state index in [2.05, 4.69) is 0 Å². The summed E-state index contributed by atoms with van der Waals surface area (Å²) in [5.41, 5.74) is 2.48. The van der Waals surface area contributed by atoms with Gasteiger partial charge in [-0.25, -0.2) is 9.59 Å². The van der Waals surface area contributed by atoms with Gasteiger partial charge in [0, 0.05) is 12.8 Å². The lowest BCUT2D eigenvalue weighted by molar-refractivity contribution is -0.138. The Hall–Kier alpha value is -4.08. The van der Waals surface area contributed by atoms with Gasteiger partial charge in [-0.2, -0.15) is 0 Å². The van der Waals surface area contributed by atoms with Gasteiger partial charge in [0.15, 0.2) is 11.5 Å². The molecule has 0 saturated heterocycles. The first-order valence-corrected chi connectivity index (χ1v) is 11.3. The first kappa shape index (κ1) is 28.2. The molecule has 0 aliphatic carbocycles.